The number of hydrogen-bond acceptors (Lipinski definition) is 28. The van der Waals surface area contributed by atoms with E-state index < -0.39 is 26.0 Å². The van der Waals surface area contributed by atoms with Gasteiger partial charge in [0, 0.05) is 73.9 Å². The molecule has 0 radical (unpaired) electrons. The molecule has 10 aromatic rings. The number of esters is 1. The van der Waals surface area contributed by atoms with E-state index in [0.717, 1.165) is 40.2 Å². The van der Waals surface area contributed by atoms with Crippen molar-refractivity contribution in [2.45, 2.75) is 88.4 Å². The molecule has 0 aliphatic carbocycles. The predicted molar refractivity (Wildman–Crippen MR) is 404 cm³/mol. The molecule has 36 heteroatoms. The van der Waals surface area contributed by atoms with E-state index in [2.05, 4.69) is 99.7 Å². The van der Waals surface area contributed by atoms with Crippen LogP contribution in [0.1, 0.15) is 103 Å². The number of ether oxygens (including phenoxy) is 5. The number of aromatic amines is 1. The van der Waals surface area contributed by atoms with Gasteiger partial charge >= 0.3 is 33.7 Å². The SMILES string of the molecule is CC(C)Oc1c(C#N)cnc2ccc(C=O)nc12.CCO/C=C(/C#N)C(=O)COC.CCOC(=O)/C(C#N)=C\Nc1ccc(C)nc1.Cc1cc[n+](C)cn1.Cc1ccc2[nH]cc(C#N)c(=O)c2n1.Cc1ccc2ncc(C#N)c(Cl)c2n1.Cc1ccc2ncc(C#N)c(OC(C)C)c2n1.O=P(Cl)(Cl)Cl.O=[Se]=O. The number of halogens is 4. The van der Waals surface area contributed by atoms with E-state index in [0.29, 0.717) is 90.4 Å². The number of nitrogens with zero attached hydrogens (tertiary/aromatic N) is 16. The van der Waals surface area contributed by atoms with Gasteiger partial charge in [0.2, 0.25) is 11.2 Å². The van der Waals surface area contributed by atoms with Gasteiger partial charge in [-0.25, -0.2) is 29.3 Å². The predicted octanol–water partition coefficient (Wildman–Crippen LogP) is 13.1. The van der Waals surface area contributed by atoms with Crippen LogP contribution in [0, 0.1) is 103 Å². The number of aromatic nitrogens is 11. The summed E-state index contributed by atoms with van der Waals surface area (Å²) in [5.74, 6) is -0.103. The number of methoxy groups -OCH3 is 1. The molecular weight excluding hydrogens is 1560 g/mol. The van der Waals surface area contributed by atoms with Gasteiger partial charge in [-0.3, -0.25) is 38.9 Å². The topological polar surface area (TPSA) is 456 Å². The van der Waals surface area contributed by atoms with Gasteiger partial charge in [-0.1, -0.05) is 16.6 Å². The van der Waals surface area contributed by atoms with Crippen LogP contribution in [0.3, 0.4) is 0 Å². The van der Waals surface area contributed by atoms with Crippen molar-refractivity contribution in [2.75, 3.05) is 32.2 Å². The Hall–Kier alpha value is -11.8. The van der Waals surface area contributed by atoms with Crippen molar-refractivity contribution in [3.63, 3.8) is 0 Å². The summed E-state index contributed by atoms with van der Waals surface area (Å²) in [6.07, 6.45) is 14.2. The molecule has 0 spiro atoms. The van der Waals surface area contributed by atoms with E-state index in [1.807, 2.05) is 134 Å². The Morgan fingerprint density at radius 2 is 1.10 bits per heavy atom. The quantitative estimate of drug-likeness (QED) is 0.0149. The number of hydrogen-bond donors (Lipinski definition) is 2. The number of nitrogens with one attached hydrogen (secondary N) is 2. The van der Waals surface area contributed by atoms with E-state index in [1.165, 1.54) is 38.1 Å². The zero-order valence-electron chi connectivity index (χ0n) is 60.3. The molecule has 0 atom stereocenters. The first-order chi connectivity index (χ1) is 51.3. The molecule has 558 valence electrons. The number of Topliss-reactive ketones (excluding diaryl/α,β-unsaturated/α-hetero) is 1. The number of fused-ring (bicyclic) bond motifs is 4. The van der Waals surface area contributed by atoms with Crippen LogP contribution in [0.15, 0.2) is 139 Å². The van der Waals surface area contributed by atoms with Crippen LogP contribution in [0.5, 0.6) is 11.5 Å². The van der Waals surface area contributed by atoms with Crippen molar-refractivity contribution in [1.82, 2.24) is 49.8 Å². The van der Waals surface area contributed by atoms with Gasteiger partial charge in [0.05, 0.1) is 83.2 Å². The second-order valence-corrected chi connectivity index (χ2v) is 28.8. The van der Waals surface area contributed by atoms with Crippen LogP contribution in [-0.4, -0.2) is 122 Å². The minimum absolute atomic E-state index is 0.00462. The summed E-state index contributed by atoms with van der Waals surface area (Å²) in [4.78, 5) is 84.9. The summed E-state index contributed by atoms with van der Waals surface area (Å²) in [5.41, 5.74) is 10.9. The molecule has 0 fully saturated rings. The fraction of sp³-hybridized carbons (Fsp3) is 0.250. The number of H-pyrrole nitrogens is 1. The summed E-state index contributed by atoms with van der Waals surface area (Å²) >= 11 is 18.2. The molecule has 30 nitrogen and oxygen atoms in total. The molecule has 10 heterocycles. The first kappa shape index (κ1) is 92.3. The molecule has 0 aromatic carbocycles. The average molecular weight is 1630 g/mol. The first-order valence-electron chi connectivity index (χ1n) is 31.3. The van der Waals surface area contributed by atoms with Gasteiger partial charge in [0.1, 0.15) is 99.3 Å². The molecular formula is C72H70Cl4N18O12PSe+. The Morgan fingerprint density at radius 1 is 0.630 bits per heavy atom. The number of anilines is 1. The second-order valence-electron chi connectivity index (χ2n) is 21.5. The Morgan fingerprint density at radius 3 is 1.55 bits per heavy atom. The van der Waals surface area contributed by atoms with Crippen LogP contribution < -0.4 is 24.8 Å². The fourth-order valence-corrected chi connectivity index (χ4v) is 7.92. The number of carbonyl (C=O) groups excluding carboxylic acids is 3. The van der Waals surface area contributed by atoms with E-state index in [1.54, 1.807) is 69.7 Å². The number of carbonyl (C=O) groups is 3. The van der Waals surface area contributed by atoms with Crippen LogP contribution >= 0.6 is 50.5 Å². The third kappa shape index (κ3) is 33.1. The van der Waals surface area contributed by atoms with Crippen LogP contribution in [-0.2, 0) is 43.1 Å². The molecule has 0 amide bonds. The summed E-state index contributed by atoms with van der Waals surface area (Å²) in [6, 6.07) is 31.3. The molecule has 108 heavy (non-hydrogen) atoms. The number of rotatable bonds is 14. The summed E-state index contributed by atoms with van der Waals surface area (Å²) in [7, 11) is 3.35. The molecule has 0 bridgehead atoms. The molecule has 10 rings (SSSR count). The van der Waals surface area contributed by atoms with E-state index in [4.69, 9.17) is 69.8 Å². The maximum absolute atomic E-state index is 11.6. The zero-order chi connectivity index (χ0) is 81.1. The van der Waals surface area contributed by atoms with E-state index in [-0.39, 0.29) is 59.0 Å². The zero-order valence-corrected chi connectivity index (χ0v) is 66.0. The van der Waals surface area contributed by atoms with E-state index >= 15 is 0 Å². The number of aryl methyl sites for hydroxylation is 6. The number of nitriles is 6. The summed E-state index contributed by atoms with van der Waals surface area (Å²) in [6.45, 7) is 21.0. The monoisotopic (exact) mass is 1630 g/mol. The Balaban J connectivity index is 0.000000424. The second kappa shape index (κ2) is 49.1. The van der Waals surface area contributed by atoms with Crippen molar-refractivity contribution in [3.8, 4) is 47.9 Å². The molecule has 0 saturated carbocycles. The standard InChI is InChI=1S/C13H11N3O2.C13H13N3O.C12H13N3O2.C10H6ClN3.C10H7N3O.C8H11NO3.C6H9N2.Cl3OP.O2Se/c1-8(2)18-13-9(5-14)6-15-11-4-3-10(7-17)16-12(11)13;1-8(2)17-13-10(6-14)7-15-11-5-4-9(3)16-12(11)13;1-3-17-12(16)10(6-13)7-15-11-5-4-9(2)14-8-11;1-6-2-3-8-10(14-6)9(11)7(4-12)5-13-8;1-6-2-3-8-9(13-6)10(14)7(4-11)5-12-8;1-3-12-5-7(4-9)8(10)6-11-2;1-6-3-4-8(2)5-7-6;1-5(2,3)4;1-3-2/h3-4,6-8H,1-2H3;4-5,7-8H,1-3H3;4-5,7-8,15H,3H2,1-2H3;2-3,5H,1H3;2-3,5H,1H3,(H,12,14);5H,3,6H2,1-2H3;3-5H,1-2H3;;/q;;;;;;+1;;/b;;10-7-;;;7-5-;;;. The van der Waals surface area contributed by atoms with Gasteiger partial charge in [-0.15, -0.1) is 0 Å². The Labute approximate surface area is 646 Å². The molecule has 0 unspecified atom stereocenters. The van der Waals surface area contributed by atoms with Crippen molar-refractivity contribution in [1.29, 1.82) is 31.6 Å². The first-order valence-corrected chi connectivity index (χ1v) is 37.5. The number of aldehydes is 1. The number of ketones is 1. The number of pyridine rings is 9. The van der Waals surface area contributed by atoms with Crippen LogP contribution in [0.4, 0.5) is 5.69 Å². The minimum atomic E-state index is -3.22. The van der Waals surface area contributed by atoms with Gasteiger partial charge in [-0.05, 0) is 164 Å². The third-order valence-corrected chi connectivity index (χ3v) is 12.8. The van der Waals surface area contributed by atoms with Crippen molar-refractivity contribution >= 4 is 133 Å². The fourth-order valence-electron chi connectivity index (χ4n) is 7.69. The van der Waals surface area contributed by atoms with Gasteiger partial charge in [0.15, 0.2) is 29.1 Å². The summed E-state index contributed by atoms with van der Waals surface area (Å²) < 4.78 is 53.7. The third-order valence-electron chi connectivity index (χ3n) is 12.4. The van der Waals surface area contributed by atoms with Crippen molar-refractivity contribution in [3.05, 3.63) is 206 Å². The van der Waals surface area contributed by atoms with Gasteiger partial charge < -0.3 is 34.0 Å². The molecule has 2 N–H and O–H groups in total. The van der Waals surface area contributed by atoms with Gasteiger partial charge in [0.25, 0.3) is 6.33 Å². The van der Waals surface area contributed by atoms with Crippen molar-refractivity contribution < 1.29 is 54.9 Å². The molecule has 10 aromatic heterocycles. The normalized spacial score (nSPS) is 10.2. The van der Waals surface area contributed by atoms with Gasteiger partial charge in [-0.2, -0.15) is 31.6 Å². The summed E-state index contributed by atoms with van der Waals surface area (Å²) in [5, 5.41) is 52.7. The Bertz CT molecular complexity index is 5210. The van der Waals surface area contributed by atoms with Crippen molar-refractivity contribution in [2.24, 2.45) is 7.05 Å². The molecule has 0 aliphatic rings. The average Bonchev–Trinajstić information content (AvgIpc) is 0.806. The molecule has 0 saturated heterocycles. The van der Waals surface area contributed by atoms with E-state index in [9.17, 15) is 23.7 Å². The Kier molecular flexibility index (Phi) is 41.9. The maximum atomic E-state index is 11.6. The molecule has 0 aliphatic heterocycles. The van der Waals surface area contributed by atoms with Crippen LogP contribution in [0.2, 0.25) is 5.02 Å². The van der Waals surface area contributed by atoms with Crippen LogP contribution in [0.25, 0.3) is 44.1 Å².